The number of likely N-dealkylation sites (tertiary alicyclic amines) is 1. The second-order valence-electron chi connectivity index (χ2n) is 5.02. The van der Waals surface area contributed by atoms with Crippen molar-refractivity contribution in [3.8, 4) is 0 Å². The number of rotatable bonds is 4. The molecular formula is C15H17NO5S. The molecule has 118 valence electrons. The third-order valence-electron chi connectivity index (χ3n) is 3.42. The highest BCUT2D eigenvalue weighted by Gasteiger charge is 2.45. The van der Waals surface area contributed by atoms with Gasteiger partial charge < -0.3 is 4.74 Å². The molecule has 0 radical (unpaired) electrons. The van der Waals surface area contributed by atoms with Crippen LogP contribution in [0.15, 0.2) is 35.2 Å². The summed E-state index contributed by atoms with van der Waals surface area (Å²) in [7, 11) is -1.54. The van der Waals surface area contributed by atoms with Crippen molar-refractivity contribution in [2.45, 2.75) is 36.5 Å². The van der Waals surface area contributed by atoms with E-state index in [1.807, 2.05) is 0 Å². The first-order chi connectivity index (χ1) is 10.4. The Morgan fingerprint density at radius 2 is 1.91 bits per heavy atom. The first kappa shape index (κ1) is 16.4. The van der Waals surface area contributed by atoms with E-state index in [1.165, 1.54) is 13.8 Å². The topological polar surface area (TPSA) is 80.8 Å². The molecule has 2 amide bonds. The van der Waals surface area contributed by atoms with E-state index in [9.17, 15) is 18.6 Å². The largest absolute Gasteiger partial charge is 0.464 e. The minimum absolute atomic E-state index is 0.0663. The summed E-state index contributed by atoms with van der Waals surface area (Å²) in [5.41, 5.74) is 0. The van der Waals surface area contributed by atoms with E-state index in [-0.39, 0.29) is 13.0 Å². The van der Waals surface area contributed by atoms with Crippen LogP contribution in [-0.4, -0.2) is 44.8 Å². The van der Waals surface area contributed by atoms with Crippen molar-refractivity contribution < 1.29 is 23.3 Å². The number of ether oxygens (including phenoxy) is 1. The molecule has 2 rings (SSSR count). The fourth-order valence-electron chi connectivity index (χ4n) is 2.45. The number of benzene rings is 1. The van der Waals surface area contributed by atoms with Gasteiger partial charge in [-0.05, 0) is 18.6 Å². The van der Waals surface area contributed by atoms with Crippen LogP contribution in [0, 0.1) is 0 Å². The van der Waals surface area contributed by atoms with Gasteiger partial charge in [0.25, 0.3) is 0 Å². The fraction of sp³-hybridized carbons (Fsp3) is 0.400. The molecule has 1 aromatic carbocycles. The number of carbonyl (C=O) groups excluding carboxylic acids is 3. The van der Waals surface area contributed by atoms with Gasteiger partial charge in [-0.1, -0.05) is 18.2 Å². The Morgan fingerprint density at radius 1 is 1.27 bits per heavy atom. The molecule has 1 saturated heterocycles. The van der Waals surface area contributed by atoms with E-state index in [4.69, 9.17) is 4.74 Å². The molecule has 0 spiro atoms. The van der Waals surface area contributed by atoms with E-state index in [1.54, 1.807) is 30.3 Å². The zero-order valence-electron chi connectivity index (χ0n) is 12.4. The average Bonchev–Trinajstić information content (AvgIpc) is 2.82. The highest BCUT2D eigenvalue weighted by atomic mass is 32.2. The van der Waals surface area contributed by atoms with Crippen LogP contribution in [-0.2, 0) is 29.9 Å². The van der Waals surface area contributed by atoms with E-state index in [2.05, 4.69) is 0 Å². The number of imide groups is 1. The van der Waals surface area contributed by atoms with Gasteiger partial charge in [0.2, 0.25) is 11.8 Å². The summed E-state index contributed by atoms with van der Waals surface area (Å²) in [6.45, 7) is 2.46. The Labute approximate surface area is 130 Å². The smallest absolute Gasteiger partial charge is 0.302 e. The standard InChI is InChI=1S/C15H17NO5S/c1-10(17)16-12(9-21-11(2)18)8-14(15(16)19)22(20)13-6-4-3-5-7-13/h3-7,12,14H,8-9H2,1-2H3/t12-,14+,22?/m0/s1. The molecule has 1 aliphatic rings. The minimum atomic E-state index is -1.54. The van der Waals surface area contributed by atoms with E-state index in [0.717, 1.165) is 4.90 Å². The van der Waals surface area contributed by atoms with Crippen LogP contribution < -0.4 is 0 Å². The van der Waals surface area contributed by atoms with Crippen molar-refractivity contribution in [3.05, 3.63) is 30.3 Å². The first-order valence-corrected chi connectivity index (χ1v) is 8.05. The van der Waals surface area contributed by atoms with Crippen LogP contribution in [0.2, 0.25) is 0 Å². The Hall–Kier alpha value is -2.02. The molecule has 1 aromatic rings. The summed E-state index contributed by atoms with van der Waals surface area (Å²) in [4.78, 5) is 36.6. The van der Waals surface area contributed by atoms with Crippen LogP contribution in [0.25, 0.3) is 0 Å². The Kier molecular flexibility index (Phi) is 5.07. The molecule has 1 heterocycles. The molecule has 7 heteroatoms. The normalized spacial score (nSPS) is 22.5. The zero-order valence-corrected chi connectivity index (χ0v) is 13.2. The highest BCUT2D eigenvalue weighted by Crippen LogP contribution is 2.27. The monoisotopic (exact) mass is 323 g/mol. The lowest BCUT2D eigenvalue weighted by atomic mass is 10.2. The van der Waals surface area contributed by atoms with E-state index < -0.39 is 39.9 Å². The van der Waals surface area contributed by atoms with E-state index >= 15 is 0 Å². The van der Waals surface area contributed by atoms with Gasteiger partial charge in [-0.2, -0.15) is 0 Å². The Morgan fingerprint density at radius 3 is 2.45 bits per heavy atom. The van der Waals surface area contributed by atoms with Crippen molar-refractivity contribution in [1.29, 1.82) is 0 Å². The molecule has 3 atom stereocenters. The van der Waals surface area contributed by atoms with Crippen LogP contribution in [0.1, 0.15) is 20.3 Å². The molecule has 0 aromatic heterocycles. The number of hydrogen-bond acceptors (Lipinski definition) is 5. The number of amides is 2. The molecule has 1 unspecified atom stereocenters. The summed E-state index contributed by atoms with van der Waals surface area (Å²) in [6, 6.07) is 8.08. The van der Waals surface area contributed by atoms with Crippen LogP contribution in [0.4, 0.5) is 0 Å². The number of carbonyl (C=O) groups is 3. The van der Waals surface area contributed by atoms with Gasteiger partial charge in [-0.3, -0.25) is 23.5 Å². The molecular weight excluding hydrogens is 306 g/mol. The first-order valence-electron chi connectivity index (χ1n) is 6.84. The van der Waals surface area contributed by atoms with Crippen molar-refractivity contribution in [2.75, 3.05) is 6.61 Å². The van der Waals surface area contributed by atoms with Gasteiger partial charge in [0.15, 0.2) is 0 Å². The molecule has 0 saturated carbocycles. The molecule has 1 aliphatic heterocycles. The lowest BCUT2D eigenvalue weighted by molar-refractivity contribution is -0.149. The second kappa shape index (κ2) is 6.83. The fourth-order valence-corrected chi connectivity index (χ4v) is 3.90. The summed E-state index contributed by atoms with van der Waals surface area (Å²) in [6.07, 6.45) is 0.215. The molecule has 22 heavy (non-hydrogen) atoms. The quantitative estimate of drug-likeness (QED) is 0.768. The zero-order chi connectivity index (χ0) is 16.3. The molecule has 0 aliphatic carbocycles. The Bertz CT molecular complexity index is 616. The lowest BCUT2D eigenvalue weighted by Gasteiger charge is -2.20. The summed E-state index contributed by atoms with van der Waals surface area (Å²) in [5, 5.41) is -0.799. The van der Waals surface area contributed by atoms with Crippen LogP contribution in [0.3, 0.4) is 0 Å². The van der Waals surface area contributed by atoms with Crippen molar-refractivity contribution in [3.63, 3.8) is 0 Å². The summed E-state index contributed by atoms with van der Waals surface area (Å²) >= 11 is 0. The SMILES string of the molecule is CC(=O)OC[C@@H]1C[C@@H](S(=O)c2ccccc2)C(=O)N1C(C)=O. The maximum absolute atomic E-state index is 12.6. The molecule has 0 bridgehead atoms. The average molecular weight is 323 g/mol. The molecule has 6 nitrogen and oxygen atoms in total. The lowest BCUT2D eigenvalue weighted by Crippen LogP contribution is -2.41. The number of nitrogens with zero attached hydrogens (tertiary/aromatic N) is 1. The van der Waals surface area contributed by atoms with Crippen LogP contribution >= 0.6 is 0 Å². The highest BCUT2D eigenvalue weighted by molar-refractivity contribution is 7.86. The van der Waals surface area contributed by atoms with Gasteiger partial charge in [-0.15, -0.1) is 0 Å². The van der Waals surface area contributed by atoms with Crippen molar-refractivity contribution in [1.82, 2.24) is 4.90 Å². The third kappa shape index (κ3) is 3.41. The van der Waals surface area contributed by atoms with Crippen LogP contribution in [0.5, 0.6) is 0 Å². The maximum atomic E-state index is 12.6. The second-order valence-corrected chi connectivity index (χ2v) is 6.65. The third-order valence-corrected chi connectivity index (χ3v) is 5.06. The predicted molar refractivity (Wildman–Crippen MR) is 79.2 cm³/mol. The predicted octanol–water partition coefficient (Wildman–Crippen LogP) is 0.873. The number of hydrogen-bond donors (Lipinski definition) is 0. The van der Waals surface area contributed by atoms with Gasteiger partial charge in [0, 0.05) is 18.7 Å². The summed E-state index contributed by atoms with van der Waals surface area (Å²) < 4.78 is 17.5. The minimum Gasteiger partial charge on any atom is -0.464 e. The van der Waals surface area contributed by atoms with Gasteiger partial charge in [0.1, 0.15) is 11.9 Å². The van der Waals surface area contributed by atoms with Gasteiger partial charge >= 0.3 is 5.97 Å². The van der Waals surface area contributed by atoms with Crippen molar-refractivity contribution >= 4 is 28.6 Å². The molecule has 1 fully saturated rings. The molecule has 0 N–H and O–H groups in total. The Balaban J connectivity index is 2.20. The van der Waals surface area contributed by atoms with E-state index in [0.29, 0.717) is 4.90 Å². The summed E-state index contributed by atoms with van der Waals surface area (Å²) in [5.74, 6) is -1.40. The van der Waals surface area contributed by atoms with Crippen molar-refractivity contribution in [2.24, 2.45) is 0 Å². The van der Waals surface area contributed by atoms with Gasteiger partial charge in [-0.25, -0.2) is 0 Å². The maximum Gasteiger partial charge on any atom is 0.302 e. The number of esters is 1. The van der Waals surface area contributed by atoms with Gasteiger partial charge in [0.05, 0.1) is 16.8 Å².